The van der Waals surface area contributed by atoms with Gasteiger partial charge in [0.15, 0.2) is 5.13 Å². The topological polar surface area (TPSA) is 101 Å². The van der Waals surface area contributed by atoms with Crippen LogP contribution in [-0.4, -0.2) is 39.8 Å². The van der Waals surface area contributed by atoms with Gasteiger partial charge in [0, 0.05) is 19.5 Å². The van der Waals surface area contributed by atoms with E-state index in [-0.39, 0.29) is 17.9 Å². The molecular weight excluding hydrogens is 350 g/mol. The van der Waals surface area contributed by atoms with Crippen molar-refractivity contribution in [2.24, 2.45) is 0 Å². The molecular formula is C18H21N5O2S. The van der Waals surface area contributed by atoms with Crippen molar-refractivity contribution in [2.75, 3.05) is 18.8 Å². The molecule has 2 aliphatic heterocycles. The number of rotatable bonds is 2. The van der Waals surface area contributed by atoms with Gasteiger partial charge in [-0.15, -0.1) is 0 Å². The fourth-order valence-corrected chi connectivity index (χ4v) is 4.51. The number of nitrogens with zero attached hydrogens (tertiary/aromatic N) is 3. The van der Waals surface area contributed by atoms with Gasteiger partial charge in [-0.2, -0.15) is 0 Å². The number of thiazole rings is 1. The molecule has 0 bridgehead atoms. The summed E-state index contributed by atoms with van der Waals surface area (Å²) in [5, 5.41) is 3.25. The molecule has 3 N–H and O–H groups in total. The minimum absolute atomic E-state index is 0.0290. The van der Waals surface area contributed by atoms with Crippen LogP contribution in [0.3, 0.4) is 0 Å². The second-order valence-corrected chi connectivity index (χ2v) is 7.74. The number of amides is 2. The lowest BCUT2D eigenvalue weighted by Gasteiger charge is -2.35. The number of nitrogen functional groups attached to an aromatic ring is 1. The van der Waals surface area contributed by atoms with Crippen molar-refractivity contribution >= 4 is 28.3 Å². The van der Waals surface area contributed by atoms with E-state index >= 15 is 0 Å². The van der Waals surface area contributed by atoms with Crippen LogP contribution in [0.1, 0.15) is 62.4 Å². The number of likely N-dealkylation sites (tertiary alicyclic amines) is 1. The molecule has 136 valence electrons. The van der Waals surface area contributed by atoms with Gasteiger partial charge >= 0.3 is 0 Å². The van der Waals surface area contributed by atoms with Crippen molar-refractivity contribution in [2.45, 2.75) is 38.6 Å². The highest BCUT2D eigenvalue weighted by atomic mass is 32.1. The normalized spacial score (nSPS) is 19.8. The summed E-state index contributed by atoms with van der Waals surface area (Å²) in [6.07, 6.45) is 3.62. The molecule has 2 amide bonds. The third kappa shape index (κ3) is 2.94. The van der Waals surface area contributed by atoms with Crippen LogP contribution in [0.4, 0.5) is 5.13 Å². The molecule has 1 fully saturated rings. The molecule has 2 aromatic heterocycles. The number of aromatic nitrogens is 2. The first-order valence-corrected chi connectivity index (χ1v) is 9.68. The van der Waals surface area contributed by atoms with E-state index in [1.54, 1.807) is 0 Å². The van der Waals surface area contributed by atoms with E-state index < -0.39 is 0 Å². The average Bonchev–Trinajstić information content (AvgIpc) is 2.99. The van der Waals surface area contributed by atoms with Gasteiger partial charge in [-0.25, -0.2) is 4.98 Å². The Morgan fingerprint density at radius 3 is 2.96 bits per heavy atom. The summed E-state index contributed by atoms with van der Waals surface area (Å²) in [5.41, 5.74) is 8.77. The van der Waals surface area contributed by atoms with E-state index in [4.69, 9.17) is 10.7 Å². The summed E-state index contributed by atoms with van der Waals surface area (Å²) in [6, 6.07) is 3.64. The Bertz CT molecular complexity index is 878. The Labute approximate surface area is 155 Å². The van der Waals surface area contributed by atoms with Crippen LogP contribution in [0, 0.1) is 6.92 Å². The zero-order chi connectivity index (χ0) is 18.3. The number of carbonyl (C=O) groups is 2. The molecule has 0 aliphatic carbocycles. The molecule has 4 rings (SSSR count). The number of anilines is 1. The lowest BCUT2D eigenvalue weighted by molar-refractivity contribution is 0.0609. The van der Waals surface area contributed by atoms with Gasteiger partial charge in [0.1, 0.15) is 4.88 Å². The molecule has 4 heterocycles. The van der Waals surface area contributed by atoms with Gasteiger partial charge < -0.3 is 16.0 Å². The first kappa shape index (κ1) is 17.0. The van der Waals surface area contributed by atoms with E-state index in [0.717, 1.165) is 37.1 Å². The molecule has 2 aromatic rings. The molecule has 0 saturated carbocycles. The molecule has 2 aliphatic rings. The molecule has 0 radical (unpaired) electrons. The van der Waals surface area contributed by atoms with E-state index in [0.29, 0.717) is 34.4 Å². The van der Waals surface area contributed by atoms with Crippen molar-refractivity contribution in [3.05, 3.63) is 39.7 Å². The first-order chi connectivity index (χ1) is 12.5. The van der Waals surface area contributed by atoms with Crippen molar-refractivity contribution in [3.63, 3.8) is 0 Å². The molecule has 1 unspecified atom stereocenters. The fourth-order valence-electron chi connectivity index (χ4n) is 3.72. The highest BCUT2D eigenvalue weighted by Crippen LogP contribution is 2.33. The summed E-state index contributed by atoms with van der Waals surface area (Å²) < 4.78 is 0. The minimum atomic E-state index is -0.0748. The quantitative estimate of drug-likeness (QED) is 0.842. The Morgan fingerprint density at radius 1 is 1.35 bits per heavy atom. The SMILES string of the molecule is Cc1nc(N)sc1C(=O)N1CCCCC1c1ccc2c(n1)CCNC2=O. The summed E-state index contributed by atoms with van der Waals surface area (Å²) in [7, 11) is 0. The predicted octanol–water partition coefficient (Wildman–Crippen LogP) is 2.08. The average molecular weight is 371 g/mol. The van der Waals surface area contributed by atoms with Gasteiger partial charge in [-0.3, -0.25) is 14.6 Å². The zero-order valence-electron chi connectivity index (χ0n) is 14.6. The third-order valence-electron chi connectivity index (χ3n) is 5.00. The van der Waals surface area contributed by atoms with Gasteiger partial charge in [0.25, 0.3) is 11.8 Å². The van der Waals surface area contributed by atoms with Crippen molar-refractivity contribution in [1.29, 1.82) is 0 Å². The highest BCUT2D eigenvalue weighted by molar-refractivity contribution is 7.17. The van der Waals surface area contributed by atoms with Gasteiger partial charge in [0.2, 0.25) is 0 Å². The second kappa shape index (κ2) is 6.68. The third-order valence-corrected chi connectivity index (χ3v) is 5.97. The number of fused-ring (bicyclic) bond motifs is 1. The maximum absolute atomic E-state index is 13.1. The van der Waals surface area contributed by atoms with Gasteiger partial charge in [-0.1, -0.05) is 11.3 Å². The summed E-state index contributed by atoms with van der Waals surface area (Å²) in [6.45, 7) is 3.11. The van der Waals surface area contributed by atoms with Crippen LogP contribution < -0.4 is 11.1 Å². The van der Waals surface area contributed by atoms with Gasteiger partial charge in [-0.05, 0) is 38.3 Å². The molecule has 0 aromatic carbocycles. The van der Waals surface area contributed by atoms with E-state index in [2.05, 4.69) is 10.3 Å². The van der Waals surface area contributed by atoms with E-state index in [1.165, 1.54) is 11.3 Å². The molecule has 8 heteroatoms. The number of nitrogens with one attached hydrogen (secondary N) is 1. The number of pyridine rings is 1. The van der Waals surface area contributed by atoms with Gasteiger partial charge in [0.05, 0.1) is 28.7 Å². The number of aryl methyl sites for hydroxylation is 1. The molecule has 7 nitrogen and oxygen atoms in total. The number of hydrogen-bond donors (Lipinski definition) is 2. The summed E-state index contributed by atoms with van der Waals surface area (Å²) in [5.74, 6) is -0.101. The Morgan fingerprint density at radius 2 is 2.19 bits per heavy atom. The predicted molar refractivity (Wildman–Crippen MR) is 99.2 cm³/mol. The molecule has 0 spiro atoms. The Kier molecular flexibility index (Phi) is 4.36. The zero-order valence-corrected chi connectivity index (χ0v) is 15.4. The van der Waals surface area contributed by atoms with E-state index in [1.807, 2.05) is 24.0 Å². The summed E-state index contributed by atoms with van der Waals surface area (Å²) >= 11 is 1.24. The second-order valence-electron chi connectivity index (χ2n) is 6.71. The maximum atomic E-state index is 13.1. The minimum Gasteiger partial charge on any atom is -0.375 e. The molecule has 26 heavy (non-hydrogen) atoms. The van der Waals surface area contributed by atoms with Crippen LogP contribution in [0.5, 0.6) is 0 Å². The van der Waals surface area contributed by atoms with Crippen LogP contribution >= 0.6 is 11.3 Å². The smallest absolute Gasteiger partial charge is 0.266 e. The monoisotopic (exact) mass is 371 g/mol. The van der Waals surface area contributed by atoms with Crippen LogP contribution in [0.15, 0.2) is 12.1 Å². The van der Waals surface area contributed by atoms with Crippen LogP contribution in [0.25, 0.3) is 0 Å². The van der Waals surface area contributed by atoms with Crippen molar-refractivity contribution in [1.82, 2.24) is 20.2 Å². The lowest BCUT2D eigenvalue weighted by atomic mass is 9.96. The Balaban J connectivity index is 1.67. The van der Waals surface area contributed by atoms with Crippen molar-refractivity contribution < 1.29 is 9.59 Å². The maximum Gasteiger partial charge on any atom is 0.266 e. The Hall–Kier alpha value is -2.48. The number of nitrogens with two attached hydrogens (primary N) is 1. The standard InChI is InChI=1S/C18H21N5O2S/c1-10-15(26-18(19)21-10)17(25)23-9-3-2-4-14(23)13-6-5-11-12(22-13)7-8-20-16(11)24/h5-6,14H,2-4,7-9H2,1H3,(H2,19,21)(H,20,24). The first-order valence-electron chi connectivity index (χ1n) is 8.86. The largest absolute Gasteiger partial charge is 0.375 e. The number of carbonyl (C=O) groups excluding carboxylic acids is 2. The van der Waals surface area contributed by atoms with Crippen molar-refractivity contribution in [3.8, 4) is 0 Å². The fraction of sp³-hybridized carbons (Fsp3) is 0.444. The highest BCUT2D eigenvalue weighted by Gasteiger charge is 2.32. The molecule has 1 atom stereocenters. The molecule has 1 saturated heterocycles. The number of piperidine rings is 1. The van der Waals surface area contributed by atoms with E-state index in [9.17, 15) is 9.59 Å². The summed E-state index contributed by atoms with van der Waals surface area (Å²) in [4.78, 5) is 36.5. The van der Waals surface area contributed by atoms with Crippen LogP contribution in [0.2, 0.25) is 0 Å². The van der Waals surface area contributed by atoms with Crippen LogP contribution in [-0.2, 0) is 6.42 Å². The number of hydrogen-bond acceptors (Lipinski definition) is 6. The lowest BCUT2D eigenvalue weighted by Crippen LogP contribution is -2.39.